The van der Waals surface area contributed by atoms with Gasteiger partial charge in [-0.3, -0.25) is 25.0 Å². The molecule has 2 aromatic carbocycles. The van der Waals surface area contributed by atoms with Crippen LogP contribution >= 0.6 is 11.3 Å². The summed E-state index contributed by atoms with van der Waals surface area (Å²) >= 11 is 1.23. The second-order valence-corrected chi connectivity index (χ2v) is 7.39. The summed E-state index contributed by atoms with van der Waals surface area (Å²) in [6, 6.07) is 6.30. The van der Waals surface area contributed by atoms with E-state index >= 15 is 0 Å². The van der Waals surface area contributed by atoms with Crippen LogP contribution in [-0.2, 0) is 6.54 Å². The number of nitro benzene ring substituents is 2. The molecule has 11 nitrogen and oxygen atoms in total. The molecule has 0 radical (unpaired) electrons. The minimum atomic E-state index is -0.817. The molecule has 1 heterocycles. The third-order valence-corrected chi connectivity index (χ3v) is 5.44. The second kappa shape index (κ2) is 8.92. The van der Waals surface area contributed by atoms with Crippen LogP contribution < -0.4 is 14.3 Å². The molecule has 0 spiro atoms. The van der Waals surface area contributed by atoms with Gasteiger partial charge < -0.3 is 14.0 Å². The van der Waals surface area contributed by atoms with Gasteiger partial charge in [-0.05, 0) is 6.42 Å². The van der Waals surface area contributed by atoms with Gasteiger partial charge >= 0.3 is 0 Å². The number of thiazole rings is 1. The van der Waals surface area contributed by atoms with Gasteiger partial charge in [-0.15, -0.1) is 0 Å². The summed E-state index contributed by atoms with van der Waals surface area (Å²) in [5.74, 6) is 0.221. The molecule has 0 aliphatic heterocycles. The number of amides is 1. The van der Waals surface area contributed by atoms with Crippen molar-refractivity contribution in [1.82, 2.24) is 4.57 Å². The lowest BCUT2D eigenvalue weighted by molar-refractivity contribution is -0.394. The predicted octanol–water partition coefficient (Wildman–Crippen LogP) is 3.69. The topological polar surface area (TPSA) is 139 Å². The Morgan fingerprint density at radius 2 is 1.61 bits per heavy atom. The molecule has 3 rings (SSSR count). The van der Waals surface area contributed by atoms with Gasteiger partial charge in [0.05, 0.1) is 45.9 Å². The van der Waals surface area contributed by atoms with Gasteiger partial charge in [0.1, 0.15) is 0 Å². The third-order valence-electron chi connectivity index (χ3n) is 4.40. The molecule has 1 amide bonds. The maximum Gasteiger partial charge on any atom is 0.280 e. The van der Waals surface area contributed by atoms with Crippen molar-refractivity contribution in [2.24, 2.45) is 4.99 Å². The van der Waals surface area contributed by atoms with Gasteiger partial charge in [-0.2, -0.15) is 4.99 Å². The highest BCUT2D eigenvalue weighted by Crippen LogP contribution is 2.33. The zero-order chi connectivity index (χ0) is 22.7. The van der Waals surface area contributed by atoms with Crippen LogP contribution in [0.25, 0.3) is 10.2 Å². The molecule has 0 N–H and O–H groups in total. The number of carbonyl (C=O) groups excluding carboxylic acids is 1. The third kappa shape index (κ3) is 4.38. The first-order valence-electron chi connectivity index (χ1n) is 9.07. The van der Waals surface area contributed by atoms with E-state index in [0.717, 1.165) is 34.8 Å². The fraction of sp³-hybridized carbons (Fsp3) is 0.263. The van der Waals surface area contributed by atoms with Crippen molar-refractivity contribution in [1.29, 1.82) is 0 Å². The largest absolute Gasteiger partial charge is 0.493 e. The van der Waals surface area contributed by atoms with Crippen molar-refractivity contribution in [3.05, 3.63) is 60.9 Å². The molecule has 0 aliphatic rings. The quantitative estimate of drug-likeness (QED) is 0.398. The molecule has 0 fully saturated rings. The number of hydrogen-bond donors (Lipinski definition) is 0. The molecule has 0 aliphatic carbocycles. The van der Waals surface area contributed by atoms with Crippen molar-refractivity contribution < 1.29 is 24.1 Å². The zero-order valence-corrected chi connectivity index (χ0v) is 17.7. The molecule has 31 heavy (non-hydrogen) atoms. The Hall–Kier alpha value is -3.80. The number of rotatable bonds is 7. The number of methoxy groups -OCH3 is 2. The second-order valence-electron chi connectivity index (χ2n) is 6.38. The van der Waals surface area contributed by atoms with E-state index in [1.165, 1.54) is 25.6 Å². The molecule has 3 aromatic rings. The SMILES string of the molecule is CCCn1c(=NC(=O)c2cc([N+](=O)[O-])cc([N+](=O)[O-])c2)sc2cc(OC)c(OC)cc21. The first-order valence-corrected chi connectivity index (χ1v) is 9.89. The summed E-state index contributed by atoms with van der Waals surface area (Å²) < 4.78 is 13.3. The molecule has 12 heteroatoms. The Bertz CT molecular complexity index is 1230. The van der Waals surface area contributed by atoms with E-state index in [4.69, 9.17) is 9.47 Å². The zero-order valence-electron chi connectivity index (χ0n) is 16.9. The number of carbonyl (C=O) groups is 1. The average Bonchev–Trinajstić information content (AvgIpc) is 3.08. The van der Waals surface area contributed by atoms with Gasteiger partial charge in [0.25, 0.3) is 17.3 Å². The number of ether oxygens (including phenoxy) is 2. The summed E-state index contributed by atoms with van der Waals surface area (Å²) in [5, 5.41) is 22.2. The van der Waals surface area contributed by atoms with E-state index in [1.807, 2.05) is 11.5 Å². The van der Waals surface area contributed by atoms with Crippen LogP contribution in [0.5, 0.6) is 11.5 Å². The number of non-ortho nitro benzene ring substituents is 2. The molecule has 1 aromatic heterocycles. The fourth-order valence-electron chi connectivity index (χ4n) is 3.00. The molecular weight excluding hydrogens is 428 g/mol. The van der Waals surface area contributed by atoms with Gasteiger partial charge in [-0.1, -0.05) is 18.3 Å². The van der Waals surface area contributed by atoms with Gasteiger partial charge in [0, 0.05) is 30.8 Å². The highest BCUT2D eigenvalue weighted by Gasteiger charge is 2.20. The predicted molar refractivity (Wildman–Crippen MR) is 113 cm³/mol. The van der Waals surface area contributed by atoms with E-state index in [0.29, 0.717) is 22.8 Å². The van der Waals surface area contributed by atoms with Crippen LogP contribution in [0, 0.1) is 20.2 Å². The highest BCUT2D eigenvalue weighted by atomic mass is 32.1. The minimum absolute atomic E-state index is 0.239. The van der Waals surface area contributed by atoms with Crippen LogP contribution in [-0.4, -0.2) is 34.5 Å². The number of nitro groups is 2. The fourth-order valence-corrected chi connectivity index (χ4v) is 4.07. The molecule has 0 unspecified atom stereocenters. The van der Waals surface area contributed by atoms with Crippen LogP contribution in [0.2, 0.25) is 0 Å². The Morgan fingerprint density at radius 1 is 1.03 bits per heavy atom. The molecule has 0 bridgehead atoms. The summed E-state index contributed by atoms with van der Waals surface area (Å²) in [7, 11) is 3.03. The number of benzene rings is 2. The summed E-state index contributed by atoms with van der Waals surface area (Å²) in [6.45, 7) is 2.52. The van der Waals surface area contributed by atoms with E-state index in [1.54, 1.807) is 12.1 Å². The Balaban J connectivity index is 2.20. The van der Waals surface area contributed by atoms with Crippen molar-refractivity contribution in [3.63, 3.8) is 0 Å². The summed E-state index contributed by atoms with van der Waals surface area (Å²) in [5.41, 5.74) is -0.572. The van der Waals surface area contributed by atoms with E-state index in [-0.39, 0.29) is 5.56 Å². The Kier molecular flexibility index (Phi) is 6.30. The standard InChI is InChI=1S/C19H18N4O7S/c1-4-5-21-14-9-15(29-2)16(30-3)10-17(14)31-19(21)20-18(24)11-6-12(22(25)26)8-13(7-11)23(27)28/h6-10H,4-5H2,1-3H3. The maximum absolute atomic E-state index is 12.8. The molecule has 0 saturated heterocycles. The summed E-state index contributed by atoms with van der Waals surface area (Å²) in [6.07, 6.45) is 0.754. The van der Waals surface area contributed by atoms with Crippen LogP contribution in [0.3, 0.4) is 0 Å². The first kappa shape index (κ1) is 21.9. The van der Waals surface area contributed by atoms with Crippen molar-refractivity contribution >= 4 is 38.8 Å². The molecule has 0 saturated carbocycles. The van der Waals surface area contributed by atoms with E-state index in [9.17, 15) is 25.0 Å². The lowest BCUT2D eigenvalue weighted by Gasteiger charge is -2.08. The Morgan fingerprint density at radius 3 is 2.13 bits per heavy atom. The van der Waals surface area contributed by atoms with E-state index < -0.39 is 27.1 Å². The van der Waals surface area contributed by atoms with Crippen LogP contribution in [0.15, 0.2) is 35.3 Å². The number of nitrogens with zero attached hydrogens (tertiary/aromatic N) is 4. The smallest absolute Gasteiger partial charge is 0.280 e. The Labute approximate surface area is 179 Å². The van der Waals surface area contributed by atoms with Gasteiger partial charge in [-0.25, -0.2) is 0 Å². The normalized spacial score (nSPS) is 11.5. The molecule has 0 atom stereocenters. The van der Waals surface area contributed by atoms with Gasteiger partial charge in [0.2, 0.25) is 0 Å². The van der Waals surface area contributed by atoms with Crippen molar-refractivity contribution in [2.45, 2.75) is 19.9 Å². The highest BCUT2D eigenvalue weighted by molar-refractivity contribution is 7.16. The number of hydrogen-bond acceptors (Lipinski definition) is 8. The maximum atomic E-state index is 12.8. The summed E-state index contributed by atoms with van der Waals surface area (Å²) in [4.78, 5) is 37.9. The monoisotopic (exact) mass is 446 g/mol. The van der Waals surface area contributed by atoms with Crippen LogP contribution in [0.4, 0.5) is 11.4 Å². The van der Waals surface area contributed by atoms with Crippen molar-refractivity contribution in [2.75, 3.05) is 14.2 Å². The lowest BCUT2D eigenvalue weighted by atomic mass is 10.1. The van der Waals surface area contributed by atoms with E-state index in [2.05, 4.69) is 4.99 Å². The minimum Gasteiger partial charge on any atom is -0.493 e. The first-order chi connectivity index (χ1) is 14.8. The number of aryl methyl sites for hydroxylation is 1. The lowest BCUT2D eigenvalue weighted by Crippen LogP contribution is -2.17. The van der Waals surface area contributed by atoms with Gasteiger partial charge in [0.15, 0.2) is 16.3 Å². The number of aromatic nitrogens is 1. The molecule has 162 valence electrons. The number of fused-ring (bicyclic) bond motifs is 1. The molecular formula is C19H18N4O7S. The average molecular weight is 446 g/mol. The van der Waals surface area contributed by atoms with Crippen molar-refractivity contribution in [3.8, 4) is 11.5 Å². The van der Waals surface area contributed by atoms with Crippen LogP contribution in [0.1, 0.15) is 23.7 Å².